The predicted molar refractivity (Wildman–Crippen MR) is 89.7 cm³/mol. The number of nitrogens with one attached hydrogen (secondary N) is 1. The molecule has 5 nitrogen and oxygen atoms in total. The van der Waals surface area contributed by atoms with Crippen molar-refractivity contribution in [3.8, 4) is 28.4 Å². The van der Waals surface area contributed by atoms with Gasteiger partial charge in [0.05, 0.1) is 25.6 Å². The Labute approximate surface area is 134 Å². The number of aromatic amines is 1. The van der Waals surface area contributed by atoms with Gasteiger partial charge in [-0.2, -0.15) is 0 Å². The molecule has 3 rings (SSSR count). The van der Waals surface area contributed by atoms with Gasteiger partial charge in [0.1, 0.15) is 0 Å². The molecule has 0 aliphatic heterocycles. The maximum atomic E-state index is 12.3. The molecular formula is C18H18N2O3. The number of nitrogens with zero attached hydrogens (tertiary/aromatic N) is 1. The first-order chi connectivity index (χ1) is 11.1. The first kappa shape index (κ1) is 15.0. The smallest absolute Gasteiger partial charge is 0.271 e. The van der Waals surface area contributed by atoms with Crippen LogP contribution in [0.2, 0.25) is 0 Å². The van der Waals surface area contributed by atoms with Crippen LogP contribution in [0.3, 0.4) is 0 Å². The predicted octanol–water partition coefficient (Wildman–Crippen LogP) is 3.16. The van der Waals surface area contributed by atoms with Crippen LogP contribution in [0.25, 0.3) is 16.9 Å². The van der Waals surface area contributed by atoms with Gasteiger partial charge in [0.25, 0.3) is 5.56 Å². The van der Waals surface area contributed by atoms with E-state index in [4.69, 9.17) is 9.47 Å². The van der Waals surface area contributed by atoms with E-state index in [1.165, 1.54) is 0 Å². The number of methoxy groups -OCH3 is 2. The minimum Gasteiger partial charge on any atom is -0.493 e. The van der Waals surface area contributed by atoms with E-state index >= 15 is 0 Å². The lowest BCUT2D eigenvalue weighted by atomic mass is 10.1. The molecule has 1 heterocycles. The van der Waals surface area contributed by atoms with E-state index in [0.717, 1.165) is 22.5 Å². The third-order valence-corrected chi connectivity index (χ3v) is 3.77. The van der Waals surface area contributed by atoms with E-state index in [1.807, 2.05) is 49.4 Å². The SMILES string of the molecule is COc1ccc(-c2cc(=O)n(-c3ccccc3C)[nH]2)cc1OC. The first-order valence-electron chi connectivity index (χ1n) is 7.24. The van der Waals surface area contributed by atoms with Gasteiger partial charge in [0.15, 0.2) is 11.5 Å². The molecule has 5 heteroatoms. The Balaban J connectivity index is 2.08. The lowest BCUT2D eigenvalue weighted by Crippen LogP contribution is -2.14. The highest BCUT2D eigenvalue weighted by Gasteiger charge is 2.11. The fourth-order valence-corrected chi connectivity index (χ4v) is 2.54. The van der Waals surface area contributed by atoms with Crippen molar-refractivity contribution in [1.29, 1.82) is 0 Å². The van der Waals surface area contributed by atoms with Crippen LogP contribution in [0.15, 0.2) is 53.3 Å². The minimum atomic E-state index is -0.107. The Bertz CT molecular complexity index is 893. The highest BCUT2D eigenvalue weighted by molar-refractivity contribution is 5.64. The van der Waals surface area contributed by atoms with Gasteiger partial charge >= 0.3 is 0 Å². The topological polar surface area (TPSA) is 56.2 Å². The maximum absolute atomic E-state index is 12.3. The second kappa shape index (κ2) is 6.04. The number of H-pyrrole nitrogens is 1. The lowest BCUT2D eigenvalue weighted by Gasteiger charge is -2.09. The molecule has 1 N–H and O–H groups in total. The number of rotatable bonds is 4. The Morgan fingerprint density at radius 3 is 2.39 bits per heavy atom. The van der Waals surface area contributed by atoms with Crippen LogP contribution >= 0.6 is 0 Å². The molecule has 0 bridgehead atoms. The Morgan fingerprint density at radius 1 is 0.957 bits per heavy atom. The summed E-state index contributed by atoms with van der Waals surface area (Å²) in [5.74, 6) is 1.27. The molecule has 0 saturated heterocycles. The average molecular weight is 310 g/mol. The van der Waals surface area contributed by atoms with E-state index in [0.29, 0.717) is 11.5 Å². The summed E-state index contributed by atoms with van der Waals surface area (Å²) < 4.78 is 12.1. The Hall–Kier alpha value is -2.95. The number of aromatic nitrogens is 2. The molecule has 0 spiro atoms. The van der Waals surface area contributed by atoms with Crippen molar-refractivity contribution in [2.45, 2.75) is 6.92 Å². The number of aryl methyl sites for hydroxylation is 1. The van der Waals surface area contributed by atoms with E-state index in [1.54, 1.807) is 25.0 Å². The Morgan fingerprint density at radius 2 is 1.70 bits per heavy atom. The van der Waals surface area contributed by atoms with E-state index in [9.17, 15) is 4.79 Å². The van der Waals surface area contributed by atoms with Crippen molar-refractivity contribution in [2.24, 2.45) is 0 Å². The largest absolute Gasteiger partial charge is 0.493 e. The molecule has 23 heavy (non-hydrogen) atoms. The van der Waals surface area contributed by atoms with Crippen molar-refractivity contribution in [2.75, 3.05) is 14.2 Å². The maximum Gasteiger partial charge on any atom is 0.271 e. The van der Waals surface area contributed by atoms with Crippen molar-refractivity contribution >= 4 is 0 Å². The molecule has 0 fully saturated rings. The summed E-state index contributed by atoms with van der Waals surface area (Å²) in [6.45, 7) is 1.97. The van der Waals surface area contributed by atoms with Gasteiger partial charge in [0.2, 0.25) is 0 Å². The van der Waals surface area contributed by atoms with Gasteiger partial charge < -0.3 is 9.47 Å². The van der Waals surface area contributed by atoms with E-state index in [2.05, 4.69) is 5.10 Å². The fraction of sp³-hybridized carbons (Fsp3) is 0.167. The van der Waals surface area contributed by atoms with Crippen LogP contribution in [0.5, 0.6) is 11.5 Å². The van der Waals surface area contributed by atoms with Crippen molar-refractivity contribution in [3.63, 3.8) is 0 Å². The third-order valence-electron chi connectivity index (χ3n) is 3.77. The summed E-state index contributed by atoms with van der Waals surface area (Å²) in [6.07, 6.45) is 0. The molecule has 0 saturated carbocycles. The molecule has 0 amide bonds. The summed E-state index contributed by atoms with van der Waals surface area (Å²) >= 11 is 0. The fourth-order valence-electron chi connectivity index (χ4n) is 2.54. The van der Waals surface area contributed by atoms with Gasteiger partial charge in [-0.15, -0.1) is 0 Å². The van der Waals surface area contributed by atoms with Crippen LogP contribution in [-0.4, -0.2) is 24.0 Å². The minimum absolute atomic E-state index is 0.107. The molecule has 0 radical (unpaired) electrons. The van der Waals surface area contributed by atoms with Crippen LogP contribution in [0, 0.1) is 6.92 Å². The molecular weight excluding hydrogens is 292 g/mol. The number of benzene rings is 2. The Kier molecular flexibility index (Phi) is 3.93. The molecule has 1 aromatic heterocycles. The van der Waals surface area contributed by atoms with Gasteiger partial charge in [-0.05, 0) is 36.8 Å². The zero-order chi connectivity index (χ0) is 16.4. The van der Waals surface area contributed by atoms with Gasteiger partial charge in [0, 0.05) is 11.6 Å². The molecule has 0 atom stereocenters. The molecule has 0 aliphatic rings. The normalized spacial score (nSPS) is 10.6. The number of hydrogen-bond acceptors (Lipinski definition) is 3. The number of para-hydroxylation sites is 1. The zero-order valence-corrected chi connectivity index (χ0v) is 13.3. The summed E-state index contributed by atoms with van der Waals surface area (Å²) in [7, 11) is 3.18. The monoisotopic (exact) mass is 310 g/mol. The van der Waals surface area contributed by atoms with E-state index in [-0.39, 0.29) is 5.56 Å². The molecule has 3 aromatic rings. The number of ether oxygens (including phenoxy) is 2. The lowest BCUT2D eigenvalue weighted by molar-refractivity contribution is 0.355. The van der Waals surface area contributed by atoms with Crippen LogP contribution in [0.4, 0.5) is 0 Å². The van der Waals surface area contributed by atoms with Crippen molar-refractivity contribution < 1.29 is 9.47 Å². The molecule has 2 aromatic carbocycles. The first-order valence-corrected chi connectivity index (χ1v) is 7.24. The highest BCUT2D eigenvalue weighted by Crippen LogP contribution is 2.31. The second-order valence-corrected chi connectivity index (χ2v) is 5.20. The second-order valence-electron chi connectivity index (χ2n) is 5.20. The summed E-state index contributed by atoms with van der Waals surface area (Å²) in [6, 6.07) is 14.9. The molecule has 0 unspecified atom stereocenters. The summed E-state index contributed by atoms with van der Waals surface area (Å²) in [5, 5.41) is 3.15. The van der Waals surface area contributed by atoms with E-state index < -0.39 is 0 Å². The average Bonchev–Trinajstić information content (AvgIpc) is 2.96. The van der Waals surface area contributed by atoms with Crippen LogP contribution in [-0.2, 0) is 0 Å². The summed E-state index contributed by atoms with van der Waals surface area (Å²) in [5.41, 5.74) is 3.33. The molecule has 118 valence electrons. The highest BCUT2D eigenvalue weighted by atomic mass is 16.5. The van der Waals surface area contributed by atoms with Gasteiger partial charge in [-0.25, -0.2) is 4.68 Å². The number of hydrogen-bond donors (Lipinski definition) is 1. The van der Waals surface area contributed by atoms with Crippen molar-refractivity contribution in [1.82, 2.24) is 9.78 Å². The third kappa shape index (κ3) is 2.73. The van der Waals surface area contributed by atoms with Gasteiger partial charge in [-0.3, -0.25) is 9.89 Å². The zero-order valence-electron chi connectivity index (χ0n) is 13.3. The standard InChI is InChI=1S/C18H18N2O3/c1-12-6-4-5-7-15(12)20-18(21)11-14(19-20)13-8-9-16(22-2)17(10-13)23-3/h4-11,19H,1-3H3. The summed E-state index contributed by atoms with van der Waals surface area (Å²) in [4.78, 5) is 12.3. The van der Waals surface area contributed by atoms with Crippen LogP contribution in [0.1, 0.15) is 5.56 Å². The molecule has 0 aliphatic carbocycles. The van der Waals surface area contributed by atoms with Crippen molar-refractivity contribution in [3.05, 3.63) is 64.4 Å². The quantitative estimate of drug-likeness (QED) is 0.805. The van der Waals surface area contributed by atoms with Crippen LogP contribution < -0.4 is 15.0 Å². The van der Waals surface area contributed by atoms with Gasteiger partial charge in [-0.1, -0.05) is 18.2 Å².